The number of nitrogens with one attached hydrogen (secondary N) is 1. The van der Waals surface area contributed by atoms with Crippen LogP contribution < -0.4 is 20.2 Å². The van der Waals surface area contributed by atoms with Crippen LogP contribution >= 0.6 is 0 Å². The molecule has 150 valence electrons. The Labute approximate surface area is 172 Å². The highest BCUT2D eigenvalue weighted by Crippen LogP contribution is 2.14. The molecule has 30 heavy (non-hydrogen) atoms. The highest BCUT2D eigenvalue weighted by molar-refractivity contribution is 5.89. The summed E-state index contributed by atoms with van der Waals surface area (Å²) in [7, 11) is 1.59. The number of anilines is 1. The molecule has 0 bridgehead atoms. The average molecular weight is 402 g/mol. The van der Waals surface area contributed by atoms with E-state index >= 15 is 0 Å². The van der Waals surface area contributed by atoms with Crippen LogP contribution in [0.3, 0.4) is 0 Å². The zero-order chi connectivity index (χ0) is 20.9. The number of carbonyl (C=O) groups excluding carboxylic acids is 1. The Morgan fingerprint density at radius 1 is 1.10 bits per heavy atom. The summed E-state index contributed by atoms with van der Waals surface area (Å²) in [4.78, 5) is 25.0. The number of aromatic nitrogens is 4. The minimum atomic E-state index is -0.201. The lowest BCUT2D eigenvalue weighted by molar-refractivity contribution is -0.684. The van der Waals surface area contributed by atoms with E-state index in [-0.39, 0.29) is 24.6 Å². The van der Waals surface area contributed by atoms with Gasteiger partial charge in [0.05, 0.1) is 19.0 Å². The Hall–Kier alpha value is -4.07. The quantitative estimate of drug-likeness (QED) is 0.497. The fourth-order valence-corrected chi connectivity index (χ4v) is 3.11. The van der Waals surface area contributed by atoms with E-state index in [0.717, 1.165) is 11.3 Å². The van der Waals surface area contributed by atoms with Crippen molar-refractivity contribution in [1.82, 2.24) is 15.0 Å². The number of rotatable bonds is 6. The van der Waals surface area contributed by atoms with Crippen LogP contribution in [0.1, 0.15) is 5.56 Å². The summed E-state index contributed by atoms with van der Waals surface area (Å²) < 4.78 is 8.19. The summed E-state index contributed by atoms with van der Waals surface area (Å²) in [6.45, 7) is 0.399. The van der Waals surface area contributed by atoms with E-state index in [1.165, 1.54) is 4.68 Å². The molecule has 2 aromatic heterocycles. The highest BCUT2D eigenvalue weighted by atomic mass is 16.5. The number of nitrogens with zero attached hydrogens (tertiary/aromatic N) is 4. The van der Waals surface area contributed by atoms with Crippen LogP contribution in [-0.2, 0) is 17.9 Å². The molecule has 0 saturated heterocycles. The van der Waals surface area contributed by atoms with Gasteiger partial charge in [0.15, 0.2) is 12.4 Å². The van der Waals surface area contributed by atoms with Crippen molar-refractivity contribution >= 4 is 22.5 Å². The van der Waals surface area contributed by atoms with Crippen molar-refractivity contribution in [1.29, 1.82) is 0 Å². The molecule has 2 heterocycles. The van der Waals surface area contributed by atoms with Gasteiger partial charge < -0.3 is 10.1 Å². The normalized spacial score (nSPS) is 10.7. The van der Waals surface area contributed by atoms with E-state index in [1.54, 1.807) is 60.3 Å². The van der Waals surface area contributed by atoms with Gasteiger partial charge in [0.1, 0.15) is 11.3 Å². The van der Waals surface area contributed by atoms with E-state index in [0.29, 0.717) is 16.6 Å². The van der Waals surface area contributed by atoms with Crippen molar-refractivity contribution in [2.45, 2.75) is 13.1 Å². The first-order chi connectivity index (χ1) is 14.6. The maximum Gasteiger partial charge on any atom is 0.290 e. The predicted molar refractivity (Wildman–Crippen MR) is 111 cm³/mol. The van der Waals surface area contributed by atoms with Gasteiger partial charge >= 0.3 is 0 Å². The van der Waals surface area contributed by atoms with Gasteiger partial charge in [0, 0.05) is 17.3 Å². The monoisotopic (exact) mass is 402 g/mol. The number of fused-ring (bicyclic) bond motifs is 1. The predicted octanol–water partition coefficient (Wildman–Crippen LogP) is 1.77. The summed E-state index contributed by atoms with van der Waals surface area (Å²) in [6.07, 6.45) is 3.61. The van der Waals surface area contributed by atoms with Crippen LogP contribution in [0.15, 0.2) is 77.9 Å². The zero-order valence-electron chi connectivity index (χ0n) is 16.4. The van der Waals surface area contributed by atoms with Crippen LogP contribution in [0.5, 0.6) is 5.75 Å². The maximum absolute atomic E-state index is 12.6. The lowest BCUT2D eigenvalue weighted by atomic mass is 10.2. The third-order valence-corrected chi connectivity index (χ3v) is 4.58. The molecule has 0 unspecified atom stereocenters. The second kappa shape index (κ2) is 8.52. The van der Waals surface area contributed by atoms with Gasteiger partial charge in [-0.15, -0.1) is 5.10 Å². The number of hydrogen-bond acceptors (Lipinski definition) is 5. The van der Waals surface area contributed by atoms with Crippen molar-refractivity contribution in [3.05, 3.63) is 89.0 Å². The molecule has 0 aliphatic carbocycles. The number of ether oxygens (including phenoxy) is 1. The summed E-state index contributed by atoms with van der Waals surface area (Å²) in [5.74, 6) is 0.562. The molecule has 0 atom stereocenters. The van der Waals surface area contributed by atoms with E-state index in [2.05, 4.69) is 15.6 Å². The third-order valence-electron chi connectivity index (χ3n) is 4.58. The molecule has 4 aromatic rings. The van der Waals surface area contributed by atoms with Crippen molar-refractivity contribution in [3.8, 4) is 5.75 Å². The lowest BCUT2D eigenvalue weighted by Gasteiger charge is -2.06. The number of pyridine rings is 1. The van der Waals surface area contributed by atoms with E-state index in [4.69, 9.17) is 4.74 Å². The Morgan fingerprint density at radius 2 is 1.90 bits per heavy atom. The van der Waals surface area contributed by atoms with Crippen molar-refractivity contribution in [3.63, 3.8) is 0 Å². The van der Waals surface area contributed by atoms with E-state index in [1.807, 2.05) is 24.4 Å². The van der Waals surface area contributed by atoms with Crippen LogP contribution in [-0.4, -0.2) is 28.0 Å². The first kappa shape index (κ1) is 19.3. The smallest absolute Gasteiger partial charge is 0.290 e. The molecule has 8 nitrogen and oxygen atoms in total. The summed E-state index contributed by atoms with van der Waals surface area (Å²) in [6, 6.07) is 17.9. The molecule has 1 N–H and O–H groups in total. The second-order valence-corrected chi connectivity index (χ2v) is 6.73. The molecule has 0 aliphatic heterocycles. The molecule has 2 aromatic carbocycles. The standard InChI is InChI=1S/C22H19N5O3/c1-30-18-10-8-17(9-11-18)23-21(28)15-26-12-4-5-16(13-26)14-27-22(29)19-6-2-3-7-20(19)24-25-27/h2-13H,14-15H2,1H3/p+1. The van der Waals surface area contributed by atoms with Gasteiger partial charge in [-0.05, 0) is 42.5 Å². The Bertz CT molecular complexity index is 1250. The van der Waals surface area contributed by atoms with Gasteiger partial charge in [-0.3, -0.25) is 9.59 Å². The van der Waals surface area contributed by atoms with E-state index < -0.39 is 0 Å². The average Bonchev–Trinajstić information content (AvgIpc) is 2.77. The molecule has 1 amide bonds. The summed E-state index contributed by atoms with van der Waals surface area (Å²) in [5, 5.41) is 11.5. The topological polar surface area (TPSA) is 90.0 Å². The minimum absolute atomic E-state index is 0.137. The van der Waals surface area contributed by atoms with Gasteiger partial charge in [0.2, 0.25) is 6.54 Å². The van der Waals surface area contributed by atoms with Gasteiger partial charge in [0.25, 0.3) is 11.5 Å². The van der Waals surface area contributed by atoms with Crippen LogP contribution in [0.25, 0.3) is 10.9 Å². The largest absolute Gasteiger partial charge is 0.497 e. The SMILES string of the molecule is COc1ccc(NC(=O)C[n+]2cccc(Cn3nnc4ccccc4c3=O)c2)cc1. The van der Waals surface area contributed by atoms with Crippen molar-refractivity contribution < 1.29 is 14.1 Å². The Balaban J connectivity index is 1.46. The first-order valence-corrected chi connectivity index (χ1v) is 9.37. The van der Waals surface area contributed by atoms with Crippen LogP contribution in [0.4, 0.5) is 5.69 Å². The Kier molecular flexibility index (Phi) is 5.47. The zero-order valence-corrected chi connectivity index (χ0v) is 16.4. The molecule has 0 aliphatic rings. The lowest BCUT2D eigenvalue weighted by Crippen LogP contribution is -2.40. The molecule has 0 radical (unpaired) electrons. The van der Waals surface area contributed by atoms with Crippen LogP contribution in [0, 0.1) is 0 Å². The van der Waals surface area contributed by atoms with Gasteiger partial charge in [-0.25, -0.2) is 4.68 Å². The number of benzene rings is 2. The second-order valence-electron chi connectivity index (χ2n) is 6.73. The molecule has 8 heteroatoms. The Morgan fingerprint density at radius 3 is 2.70 bits per heavy atom. The molecule has 4 rings (SSSR count). The molecular formula is C22H20N5O3+. The van der Waals surface area contributed by atoms with Crippen LogP contribution in [0.2, 0.25) is 0 Å². The number of hydrogen-bond donors (Lipinski definition) is 1. The highest BCUT2D eigenvalue weighted by Gasteiger charge is 2.12. The van der Waals surface area contributed by atoms with E-state index in [9.17, 15) is 9.59 Å². The summed E-state index contributed by atoms with van der Waals surface area (Å²) in [5.41, 5.74) is 1.89. The minimum Gasteiger partial charge on any atom is -0.497 e. The molecular weight excluding hydrogens is 382 g/mol. The number of methoxy groups -OCH3 is 1. The number of amides is 1. The first-order valence-electron chi connectivity index (χ1n) is 9.37. The van der Waals surface area contributed by atoms with Gasteiger partial charge in [-0.1, -0.05) is 17.3 Å². The van der Waals surface area contributed by atoms with Gasteiger partial charge in [-0.2, -0.15) is 4.57 Å². The third kappa shape index (κ3) is 4.33. The number of carbonyl (C=O) groups is 1. The molecule has 0 spiro atoms. The van der Waals surface area contributed by atoms with Crippen molar-refractivity contribution in [2.24, 2.45) is 0 Å². The fourth-order valence-electron chi connectivity index (χ4n) is 3.11. The maximum atomic E-state index is 12.6. The fraction of sp³-hybridized carbons (Fsp3) is 0.136. The molecule has 0 saturated carbocycles. The van der Waals surface area contributed by atoms with Crippen molar-refractivity contribution in [2.75, 3.05) is 12.4 Å². The molecule has 0 fully saturated rings. The summed E-state index contributed by atoms with van der Waals surface area (Å²) >= 11 is 0.